The maximum Gasteiger partial charge on any atom is 0.326 e. The Bertz CT molecular complexity index is 664. The molecule has 21 heavy (non-hydrogen) atoms. The van der Waals surface area contributed by atoms with Crippen LogP contribution in [0.3, 0.4) is 0 Å². The van der Waals surface area contributed by atoms with E-state index >= 15 is 0 Å². The molecule has 9 heteroatoms. The molecule has 0 saturated heterocycles. The summed E-state index contributed by atoms with van der Waals surface area (Å²) in [6.45, 7) is 3.14. The number of nitrogens with two attached hydrogens (primary N) is 1. The van der Waals surface area contributed by atoms with Gasteiger partial charge in [-0.25, -0.2) is 9.48 Å². The van der Waals surface area contributed by atoms with Gasteiger partial charge in [0.05, 0.1) is 12.1 Å². The van der Waals surface area contributed by atoms with E-state index < -0.39 is 35.8 Å². The third kappa shape index (κ3) is 3.65. The number of aromatic nitrogens is 2. The number of rotatable bonds is 5. The summed E-state index contributed by atoms with van der Waals surface area (Å²) in [4.78, 5) is 45.9. The minimum Gasteiger partial charge on any atom is -0.480 e. The Kier molecular flexibility index (Phi) is 4.79. The number of hydrogen-bond acceptors (Lipinski definition) is 5. The van der Waals surface area contributed by atoms with Gasteiger partial charge in [0.15, 0.2) is 0 Å². The number of nitrogens with one attached hydrogen (secondary N) is 1. The molecule has 0 fully saturated rings. The topological polar surface area (TPSA) is 144 Å². The van der Waals surface area contributed by atoms with Crippen molar-refractivity contribution in [3.05, 3.63) is 27.2 Å². The van der Waals surface area contributed by atoms with Crippen LogP contribution in [0.15, 0.2) is 4.79 Å². The molecule has 1 aromatic rings. The van der Waals surface area contributed by atoms with Gasteiger partial charge in [0, 0.05) is 7.05 Å². The molecule has 1 unspecified atom stereocenters. The van der Waals surface area contributed by atoms with Crippen LogP contribution in [0.25, 0.3) is 0 Å². The Labute approximate surface area is 119 Å². The monoisotopic (exact) mass is 296 g/mol. The van der Waals surface area contributed by atoms with E-state index in [1.807, 2.05) is 0 Å². The van der Waals surface area contributed by atoms with Gasteiger partial charge < -0.3 is 16.2 Å². The van der Waals surface area contributed by atoms with Crippen molar-refractivity contribution >= 4 is 17.8 Å². The van der Waals surface area contributed by atoms with Gasteiger partial charge in [-0.15, -0.1) is 0 Å². The summed E-state index contributed by atoms with van der Waals surface area (Å²) < 4.78 is 0.987. The van der Waals surface area contributed by atoms with Crippen molar-refractivity contribution in [3.8, 4) is 0 Å². The van der Waals surface area contributed by atoms with E-state index in [1.165, 1.54) is 14.0 Å². The van der Waals surface area contributed by atoms with E-state index in [4.69, 9.17) is 10.8 Å². The normalized spacial score (nSPS) is 11.8. The number of carbonyl (C=O) groups excluding carboxylic acids is 2. The smallest absolute Gasteiger partial charge is 0.326 e. The van der Waals surface area contributed by atoms with Crippen LogP contribution in [0.2, 0.25) is 0 Å². The molecule has 2 amide bonds. The zero-order chi connectivity index (χ0) is 16.3. The summed E-state index contributed by atoms with van der Waals surface area (Å²) in [6.07, 6.45) is -0.565. The van der Waals surface area contributed by atoms with Crippen molar-refractivity contribution in [2.45, 2.75) is 26.3 Å². The predicted octanol–water partition coefficient (Wildman–Crippen LogP) is -1.54. The SMILES string of the molecule is Cc1nn(C)c(=O)c(C(=O)NC(CC(N)=O)C(=O)O)c1C. The number of carboxylic acids is 1. The number of amides is 2. The highest BCUT2D eigenvalue weighted by Gasteiger charge is 2.25. The molecule has 0 spiro atoms. The summed E-state index contributed by atoms with van der Waals surface area (Å²) in [5.41, 5.74) is 4.87. The molecule has 0 aliphatic rings. The van der Waals surface area contributed by atoms with E-state index in [2.05, 4.69) is 10.4 Å². The molecule has 0 aliphatic heterocycles. The summed E-state index contributed by atoms with van der Waals surface area (Å²) in [7, 11) is 1.38. The van der Waals surface area contributed by atoms with Crippen LogP contribution >= 0.6 is 0 Å². The van der Waals surface area contributed by atoms with Crippen molar-refractivity contribution in [2.75, 3.05) is 0 Å². The van der Waals surface area contributed by atoms with E-state index in [0.29, 0.717) is 11.3 Å². The van der Waals surface area contributed by atoms with Crippen LogP contribution in [-0.4, -0.2) is 38.7 Å². The predicted molar refractivity (Wildman–Crippen MR) is 71.7 cm³/mol. The first-order chi connectivity index (χ1) is 9.65. The molecule has 1 aromatic heterocycles. The van der Waals surface area contributed by atoms with Gasteiger partial charge in [-0.05, 0) is 19.4 Å². The van der Waals surface area contributed by atoms with Gasteiger partial charge in [0.25, 0.3) is 11.5 Å². The number of carboxylic acid groups (broad SMARTS) is 1. The maximum atomic E-state index is 12.1. The fraction of sp³-hybridized carbons (Fsp3) is 0.417. The lowest BCUT2D eigenvalue weighted by atomic mass is 10.1. The van der Waals surface area contributed by atoms with Crippen molar-refractivity contribution in [3.63, 3.8) is 0 Å². The van der Waals surface area contributed by atoms with Crippen LogP contribution in [0.4, 0.5) is 0 Å². The van der Waals surface area contributed by atoms with Crippen molar-refractivity contribution in [1.82, 2.24) is 15.1 Å². The zero-order valence-corrected chi connectivity index (χ0v) is 11.8. The van der Waals surface area contributed by atoms with Gasteiger partial charge in [0.1, 0.15) is 11.6 Å². The first-order valence-electron chi connectivity index (χ1n) is 6.01. The molecule has 0 aliphatic carbocycles. The highest BCUT2D eigenvalue weighted by Crippen LogP contribution is 2.06. The minimum absolute atomic E-state index is 0.208. The Hall–Kier alpha value is -2.71. The molecule has 0 radical (unpaired) electrons. The molecule has 1 heterocycles. The van der Waals surface area contributed by atoms with Crippen LogP contribution in [-0.2, 0) is 16.6 Å². The van der Waals surface area contributed by atoms with Crippen molar-refractivity contribution in [1.29, 1.82) is 0 Å². The van der Waals surface area contributed by atoms with Crippen LogP contribution in [0.5, 0.6) is 0 Å². The van der Waals surface area contributed by atoms with E-state index in [-0.39, 0.29) is 5.56 Å². The highest BCUT2D eigenvalue weighted by atomic mass is 16.4. The number of nitrogens with zero attached hydrogens (tertiary/aromatic N) is 2. The van der Waals surface area contributed by atoms with E-state index in [0.717, 1.165) is 4.68 Å². The second kappa shape index (κ2) is 6.16. The second-order valence-corrected chi connectivity index (χ2v) is 4.55. The molecule has 0 saturated carbocycles. The lowest BCUT2D eigenvalue weighted by molar-refractivity contribution is -0.140. The standard InChI is InChI=1S/C12H16N4O5/c1-5-6(2)15-16(3)11(19)9(5)10(18)14-7(12(20)21)4-8(13)17/h7H,4H2,1-3H3,(H2,13,17)(H,14,18)(H,20,21). The van der Waals surface area contributed by atoms with Crippen molar-refractivity contribution < 1.29 is 19.5 Å². The highest BCUT2D eigenvalue weighted by molar-refractivity contribution is 5.98. The molecule has 4 N–H and O–H groups in total. The zero-order valence-electron chi connectivity index (χ0n) is 11.8. The molecule has 0 aromatic carbocycles. The Balaban J connectivity index is 3.17. The van der Waals surface area contributed by atoms with Gasteiger partial charge in [-0.3, -0.25) is 14.4 Å². The van der Waals surface area contributed by atoms with E-state index in [1.54, 1.807) is 6.92 Å². The molecule has 0 bridgehead atoms. The Morgan fingerprint density at radius 3 is 2.43 bits per heavy atom. The molecule has 1 atom stereocenters. The number of primary amides is 1. The minimum atomic E-state index is -1.49. The number of aryl methyl sites for hydroxylation is 2. The fourth-order valence-electron chi connectivity index (χ4n) is 1.75. The first kappa shape index (κ1) is 16.3. The van der Waals surface area contributed by atoms with Gasteiger partial charge in [0.2, 0.25) is 5.91 Å². The summed E-state index contributed by atoms with van der Waals surface area (Å²) >= 11 is 0. The lowest BCUT2D eigenvalue weighted by Crippen LogP contribution is -2.45. The molecule has 114 valence electrons. The van der Waals surface area contributed by atoms with Gasteiger partial charge in [-0.2, -0.15) is 5.10 Å². The molecule has 1 rings (SSSR count). The third-order valence-electron chi connectivity index (χ3n) is 2.96. The average molecular weight is 296 g/mol. The van der Waals surface area contributed by atoms with Crippen LogP contribution in [0, 0.1) is 13.8 Å². The quantitative estimate of drug-likeness (QED) is 0.600. The molecular weight excluding hydrogens is 280 g/mol. The summed E-state index contributed by atoms with van der Waals surface area (Å²) in [5.74, 6) is -3.17. The van der Waals surface area contributed by atoms with E-state index in [9.17, 15) is 19.2 Å². The lowest BCUT2D eigenvalue weighted by Gasteiger charge is -2.14. The number of hydrogen-bond donors (Lipinski definition) is 3. The maximum absolute atomic E-state index is 12.1. The first-order valence-corrected chi connectivity index (χ1v) is 6.01. The van der Waals surface area contributed by atoms with Crippen molar-refractivity contribution in [2.24, 2.45) is 12.8 Å². The fourth-order valence-corrected chi connectivity index (χ4v) is 1.75. The number of aliphatic carboxylic acids is 1. The van der Waals surface area contributed by atoms with Gasteiger partial charge >= 0.3 is 5.97 Å². The summed E-state index contributed by atoms with van der Waals surface area (Å²) in [6, 6.07) is -1.49. The molecule has 9 nitrogen and oxygen atoms in total. The Morgan fingerprint density at radius 1 is 1.38 bits per heavy atom. The largest absolute Gasteiger partial charge is 0.480 e. The second-order valence-electron chi connectivity index (χ2n) is 4.55. The van der Waals surface area contributed by atoms with Gasteiger partial charge in [-0.1, -0.05) is 0 Å². The van der Waals surface area contributed by atoms with Crippen LogP contribution < -0.4 is 16.6 Å². The van der Waals surface area contributed by atoms with Crippen LogP contribution in [0.1, 0.15) is 28.0 Å². The average Bonchev–Trinajstić information content (AvgIpc) is 2.35. The third-order valence-corrected chi connectivity index (χ3v) is 2.96. The molecular formula is C12H16N4O5. The Morgan fingerprint density at radius 2 is 1.95 bits per heavy atom. The summed E-state index contributed by atoms with van der Waals surface area (Å²) in [5, 5.41) is 15.0. The number of carbonyl (C=O) groups is 3.